The van der Waals surface area contributed by atoms with Crippen LogP contribution in [0.15, 0.2) is 6.20 Å². The van der Waals surface area contributed by atoms with E-state index in [4.69, 9.17) is 0 Å². The number of nitrogens with one attached hydrogen (secondary N) is 1. The molecule has 1 aromatic rings. The summed E-state index contributed by atoms with van der Waals surface area (Å²) in [4.78, 5) is 2.42. The van der Waals surface area contributed by atoms with Gasteiger partial charge in [0.2, 0.25) is 0 Å². The summed E-state index contributed by atoms with van der Waals surface area (Å²) in [7, 11) is 4.11. The largest absolute Gasteiger partial charge is 0.311 e. The van der Waals surface area contributed by atoms with Crippen molar-refractivity contribution in [3.8, 4) is 0 Å². The fourth-order valence-corrected chi connectivity index (χ4v) is 2.35. The van der Waals surface area contributed by atoms with E-state index in [0.717, 1.165) is 24.7 Å². The molecule has 0 amide bonds. The normalized spacial score (nSPS) is 18.7. The SMILES string of the molecule is CN1CCC(CCNCc2cn(C)nn2)CC1. The van der Waals surface area contributed by atoms with Crippen molar-refractivity contribution in [1.82, 2.24) is 25.2 Å². The van der Waals surface area contributed by atoms with Gasteiger partial charge in [-0.05, 0) is 51.9 Å². The average molecular weight is 237 g/mol. The molecular formula is C12H23N5. The molecular weight excluding hydrogens is 214 g/mol. The first-order chi connectivity index (χ1) is 8.24. The minimum Gasteiger partial charge on any atom is -0.311 e. The molecule has 1 aromatic heterocycles. The molecule has 2 heterocycles. The summed E-state index contributed by atoms with van der Waals surface area (Å²) < 4.78 is 1.74. The zero-order chi connectivity index (χ0) is 12.1. The van der Waals surface area contributed by atoms with Gasteiger partial charge >= 0.3 is 0 Å². The van der Waals surface area contributed by atoms with Crippen LogP contribution in [-0.4, -0.2) is 46.6 Å². The summed E-state index contributed by atoms with van der Waals surface area (Å²) in [6, 6.07) is 0. The van der Waals surface area contributed by atoms with E-state index in [2.05, 4.69) is 27.6 Å². The number of rotatable bonds is 5. The highest BCUT2D eigenvalue weighted by atomic mass is 15.4. The third-order valence-corrected chi connectivity index (χ3v) is 3.52. The Morgan fingerprint density at radius 2 is 2.12 bits per heavy atom. The Balaban J connectivity index is 1.57. The van der Waals surface area contributed by atoms with Gasteiger partial charge in [0.1, 0.15) is 0 Å². The lowest BCUT2D eigenvalue weighted by Gasteiger charge is -2.28. The maximum Gasteiger partial charge on any atom is 0.0964 e. The highest BCUT2D eigenvalue weighted by Crippen LogP contribution is 2.18. The molecule has 0 atom stereocenters. The molecule has 0 radical (unpaired) electrons. The summed E-state index contributed by atoms with van der Waals surface area (Å²) in [6.45, 7) is 4.44. The Morgan fingerprint density at radius 3 is 2.76 bits per heavy atom. The molecule has 0 saturated carbocycles. The summed E-state index contributed by atoms with van der Waals surface area (Å²) in [5.74, 6) is 0.903. The van der Waals surface area contributed by atoms with Crippen molar-refractivity contribution in [2.45, 2.75) is 25.8 Å². The second kappa shape index (κ2) is 6.12. The van der Waals surface area contributed by atoms with E-state index in [9.17, 15) is 0 Å². The van der Waals surface area contributed by atoms with E-state index in [-0.39, 0.29) is 0 Å². The van der Waals surface area contributed by atoms with Gasteiger partial charge in [-0.25, -0.2) is 0 Å². The minimum absolute atomic E-state index is 0.834. The molecule has 17 heavy (non-hydrogen) atoms. The van der Waals surface area contributed by atoms with Gasteiger partial charge in [0.25, 0.3) is 0 Å². The van der Waals surface area contributed by atoms with Crippen molar-refractivity contribution < 1.29 is 0 Å². The van der Waals surface area contributed by atoms with E-state index in [1.54, 1.807) is 4.68 Å². The highest BCUT2D eigenvalue weighted by Gasteiger charge is 2.15. The molecule has 1 N–H and O–H groups in total. The Kier molecular flexibility index (Phi) is 4.50. The van der Waals surface area contributed by atoms with Gasteiger partial charge in [0.15, 0.2) is 0 Å². The first-order valence-electron chi connectivity index (χ1n) is 6.48. The molecule has 1 saturated heterocycles. The lowest BCUT2D eigenvalue weighted by Crippen LogP contribution is -2.31. The second-order valence-corrected chi connectivity index (χ2v) is 5.10. The van der Waals surface area contributed by atoms with E-state index < -0.39 is 0 Å². The Hall–Kier alpha value is -0.940. The molecule has 0 unspecified atom stereocenters. The van der Waals surface area contributed by atoms with Crippen LogP contribution in [0.25, 0.3) is 0 Å². The van der Waals surface area contributed by atoms with Crippen molar-refractivity contribution in [2.75, 3.05) is 26.7 Å². The average Bonchev–Trinajstić information content (AvgIpc) is 2.73. The van der Waals surface area contributed by atoms with Crippen molar-refractivity contribution in [3.63, 3.8) is 0 Å². The monoisotopic (exact) mass is 237 g/mol. The Bertz CT molecular complexity index is 327. The van der Waals surface area contributed by atoms with Crippen LogP contribution in [0, 0.1) is 5.92 Å². The maximum absolute atomic E-state index is 4.05. The van der Waals surface area contributed by atoms with Crippen molar-refractivity contribution in [2.24, 2.45) is 13.0 Å². The van der Waals surface area contributed by atoms with Crippen molar-refractivity contribution in [3.05, 3.63) is 11.9 Å². The van der Waals surface area contributed by atoms with E-state index in [1.807, 2.05) is 13.2 Å². The number of likely N-dealkylation sites (tertiary alicyclic amines) is 1. The van der Waals surface area contributed by atoms with Crippen molar-refractivity contribution >= 4 is 0 Å². The lowest BCUT2D eigenvalue weighted by molar-refractivity contribution is 0.211. The number of aromatic nitrogens is 3. The quantitative estimate of drug-likeness (QED) is 0.763. The number of aryl methyl sites for hydroxylation is 1. The first-order valence-corrected chi connectivity index (χ1v) is 6.48. The molecule has 1 aliphatic heterocycles. The molecule has 2 rings (SSSR count). The van der Waals surface area contributed by atoms with Crippen LogP contribution < -0.4 is 5.32 Å². The summed E-state index contributed by atoms with van der Waals surface area (Å²) in [5.41, 5.74) is 1.02. The smallest absolute Gasteiger partial charge is 0.0964 e. The van der Waals surface area contributed by atoms with Crippen LogP contribution in [0.1, 0.15) is 25.0 Å². The zero-order valence-corrected chi connectivity index (χ0v) is 10.9. The Labute approximate surface area is 103 Å². The third-order valence-electron chi connectivity index (χ3n) is 3.52. The number of nitrogens with zero attached hydrogens (tertiary/aromatic N) is 4. The van der Waals surface area contributed by atoms with Gasteiger partial charge < -0.3 is 10.2 Å². The number of hydrogen-bond donors (Lipinski definition) is 1. The maximum atomic E-state index is 4.05. The van der Waals surface area contributed by atoms with E-state index >= 15 is 0 Å². The molecule has 0 spiro atoms. The van der Waals surface area contributed by atoms with Crippen molar-refractivity contribution in [1.29, 1.82) is 0 Å². The fraction of sp³-hybridized carbons (Fsp3) is 0.833. The van der Waals surface area contributed by atoms with Crippen LogP contribution in [0.2, 0.25) is 0 Å². The van der Waals surface area contributed by atoms with Crippen LogP contribution in [0.5, 0.6) is 0 Å². The Morgan fingerprint density at radius 1 is 1.35 bits per heavy atom. The summed E-state index contributed by atoms with van der Waals surface area (Å²) in [5, 5.41) is 11.4. The molecule has 5 heteroatoms. The van der Waals surface area contributed by atoms with Crippen LogP contribution >= 0.6 is 0 Å². The molecule has 0 bridgehead atoms. The molecule has 5 nitrogen and oxygen atoms in total. The van der Waals surface area contributed by atoms with Crippen LogP contribution in [-0.2, 0) is 13.6 Å². The lowest BCUT2D eigenvalue weighted by atomic mass is 9.94. The minimum atomic E-state index is 0.834. The first kappa shape index (κ1) is 12.5. The number of hydrogen-bond acceptors (Lipinski definition) is 4. The highest BCUT2D eigenvalue weighted by molar-refractivity contribution is 4.90. The molecule has 0 aromatic carbocycles. The van der Waals surface area contributed by atoms with Gasteiger partial charge in [0, 0.05) is 19.8 Å². The fourth-order valence-electron chi connectivity index (χ4n) is 2.35. The van der Waals surface area contributed by atoms with Gasteiger partial charge in [-0.1, -0.05) is 5.21 Å². The van der Waals surface area contributed by atoms with Gasteiger partial charge in [-0.15, -0.1) is 5.10 Å². The van der Waals surface area contributed by atoms with E-state index in [1.165, 1.54) is 32.4 Å². The van der Waals surface area contributed by atoms with Gasteiger partial charge in [-0.2, -0.15) is 0 Å². The molecule has 1 fully saturated rings. The summed E-state index contributed by atoms with van der Waals surface area (Å²) in [6.07, 6.45) is 5.95. The molecule has 0 aliphatic carbocycles. The standard InChI is InChI=1S/C12H23N5/c1-16-7-4-11(5-8-16)3-6-13-9-12-10-17(2)15-14-12/h10-11,13H,3-9H2,1-2H3. The van der Waals surface area contributed by atoms with Crippen LogP contribution in [0.3, 0.4) is 0 Å². The predicted octanol–water partition coefficient (Wildman–Crippen LogP) is 0.637. The second-order valence-electron chi connectivity index (χ2n) is 5.10. The number of piperidine rings is 1. The molecule has 1 aliphatic rings. The van der Waals surface area contributed by atoms with E-state index in [0.29, 0.717) is 0 Å². The van der Waals surface area contributed by atoms with Gasteiger partial charge in [0.05, 0.1) is 5.69 Å². The third kappa shape index (κ3) is 4.09. The van der Waals surface area contributed by atoms with Crippen LogP contribution in [0.4, 0.5) is 0 Å². The predicted molar refractivity (Wildman–Crippen MR) is 67.5 cm³/mol. The molecule has 96 valence electrons. The zero-order valence-electron chi connectivity index (χ0n) is 10.9. The topological polar surface area (TPSA) is 46.0 Å². The summed E-state index contributed by atoms with van der Waals surface area (Å²) >= 11 is 0. The van der Waals surface area contributed by atoms with Gasteiger partial charge in [-0.3, -0.25) is 4.68 Å².